The monoisotopic (exact) mass is 350 g/mol. The molecule has 1 aliphatic rings. The Morgan fingerprint density at radius 2 is 1.95 bits per heavy atom. The van der Waals surface area contributed by atoms with Crippen molar-refractivity contribution in [3.8, 4) is 5.75 Å². The van der Waals surface area contributed by atoms with Crippen molar-refractivity contribution < 1.29 is 22.7 Å². The quantitative estimate of drug-likeness (QED) is 0.769. The lowest BCUT2D eigenvalue weighted by Crippen LogP contribution is -2.37. The van der Waals surface area contributed by atoms with Gasteiger partial charge in [0.2, 0.25) is 0 Å². The maximum atomic E-state index is 12.4. The first-order valence-corrected chi connectivity index (χ1v) is 6.33. The van der Waals surface area contributed by atoms with Gasteiger partial charge in [0.15, 0.2) is 0 Å². The predicted octanol–water partition coefficient (Wildman–Crippen LogP) is 2.91. The highest BCUT2D eigenvalue weighted by molar-refractivity contribution is 9.10. The molecule has 2 rings (SSSR count). The summed E-state index contributed by atoms with van der Waals surface area (Å²) in [4.78, 5) is 11.9. The molecule has 1 unspecified atom stereocenters. The number of alkyl halides is 4. The normalized spacial score (nSPS) is 23.0. The number of rotatable bonds is 2. The van der Waals surface area contributed by atoms with Crippen LogP contribution in [0.1, 0.15) is 12.5 Å². The Balaban J connectivity index is 2.49. The lowest BCUT2D eigenvalue weighted by Gasteiger charge is -2.18. The van der Waals surface area contributed by atoms with E-state index in [4.69, 9.17) is 0 Å². The van der Waals surface area contributed by atoms with Gasteiger partial charge in [0.1, 0.15) is 10.1 Å². The van der Waals surface area contributed by atoms with Gasteiger partial charge in [0.25, 0.3) is 5.91 Å². The number of amides is 1. The van der Waals surface area contributed by atoms with Crippen LogP contribution in [0.25, 0.3) is 0 Å². The molecule has 1 aliphatic heterocycles. The zero-order chi connectivity index (χ0) is 15.1. The van der Waals surface area contributed by atoms with Gasteiger partial charge in [0.05, 0.1) is 5.71 Å². The Bertz CT molecular complexity index is 584. The van der Waals surface area contributed by atoms with Gasteiger partial charge in [-0.3, -0.25) is 4.79 Å². The minimum Gasteiger partial charge on any atom is -0.405 e. The number of benzene rings is 1. The van der Waals surface area contributed by atoms with Crippen molar-refractivity contribution in [2.75, 3.05) is 7.05 Å². The third kappa shape index (κ3) is 2.65. The smallest absolute Gasteiger partial charge is 0.405 e. The molecule has 0 fully saturated rings. The van der Waals surface area contributed by atoms with Gasteiger partial charge in [-0.1, -0.05) is 28.1 Å². The first-order valence-electron chi connectivity index (χ1n) is 5.54. The second kappa shape index (κ2) is 4.76. The van der Waals surface area contributed by atoms with E-state index in [2.05, 4.69) is 25.8 Å². The molecular weight excluding hydrogens is 341 g/mol. The Morgan fingerprint density at radius 1 is 1.35 bits per heavy atom. The van der Waals surface area contributed by atoms with E-state index in [1.165, 1.54) is 32.2 Å². The van der Waals surface area contributed by atoms with Gasteiger partial charge in [-0.2, -0.15) is 5.10 Å². The summed E-state index contributed by atoms with van der Waals surface area (Å²) in [6, 6.07) is 5.56. The molecule has 108 valence electrons. The average Bonchev–Trinajstić information content (AvgIpc) is 2.52. The van der Waals surface area contributed by atoms with Crippen LogP contribution in [0.2, 0.25) is 0 Å². The Morgan fingerprint density at radius 3 is 2.45 bits per heavy atom. The van der Waals surface area contributed by atoms with Crippen molar-refractivity contribution in [2.45, 2.75) is 17.6 Å². The maximum absolute atomic E-state index is 12.4. The van der Waals surface area contributed by atoms with Crippen LogP contribution in [0, 0.1) is 0 Å². The molecule has 1 aromatic carbocycles. The number of hydrazone groups is 1. The average molecular weight is 351 g/mol. The fourth-order valence-electron chi connectivity index (χ4n) is 1.88. The molecule has 4 nitrogen and oxygen atoms in total. The van der Waals surface area contributed by atoms with Gasteiger partial charge in [-0.05, 0) is 19.1 Å². The van der Waals surface area contributed by atoms with Crippen LogP contribution in [0.5, 0.6) is 5.75 Å². The largest absolute Gasteiger partial charge is 0.573 e. The Hall–Kier alpha value is -1.57. The van der Waals surface area contributed by atoms with E-state index in [-0.39, 0.29) is 17.2 Å². The van der Waals surface area contributed by atoms with Crippen molar-refractivity contribution in [1.29, 1.82) is 0 Å². The highest BCUT2D eigenvalue weighted by Crippen LogP contribution is 2.36. The van der Waals surface area contributed by atoms with Crippen LogP contribution in [-0.2, 0) is 4.79 Å². The van der Waals surface area contributed by atoms with Crippen molar-refractivity contribution in [3.63, 3.8) is 0 Å². The topological polar surface area (TPSA) is 41.9 Å². The lowest BCUT2D eigenvalue weighted by atomic mass is 9.98. The van der Waals surface area contributed by atoms with E-state index in [1.54, 1.807) is 6.07 Å². The van der Waals surface area contributed by atoms with Gasteiger partial charge in [0, 0.05) is 12.6 Å². The van der Waals surface area contributed by atoms with Crippen molar-refractivity contribution in [1.82, 2.24) is 5.01 Å². The summed E-state index contributed by atoms with van der Waals surface area (Å²) in [5, 5.41) is 5.07. The molecule has 0 aromatic heterocycles. The van der Waals surface area contributed by atoms with E-state index < -0.39 is 16.4 Å². The molecule has 1 aromatic rings. The summed E-state index contributed by atoms with van der Waals surface area (Å²) in [7, 11) is 1.43. The molecule has 0 saturated heterocycles. The number of hydrogen-bond acceptors (Lipinski definition) is 3. The van der Waals surface area contributed by atoms with E-state index in [1.807, 2.05) is 0 Å². The van der Waals surface area contributed by atoms with E-state index in [9.17, 15) is 18.0 Å². The van der Waals surface area contributed by atoms with Crippen LogP contribution < -0.4 is 4.74 Å². The van der Waals surface area contributed by atoms with E-state index in [0.29, 0.717) is 0 Å². The number of nitrogens with zero attached hydrogens (tertiary/aromatic N) is 2. The molecule has 0 N–H and O–H groups in total. The molecule has 0 bridgehead atoms. The number of carbonyl (C=O) groups excluding carboxylic acids is 1. The number of hydrogen-bond donors (Lipinski definition) is 0. The first-order chi connectivity index (χ1) is 9.13. The molecule has 0 aliphatic carbocycles. The molecular formula is C12H10BrF3N2O2. The Labute approximate surface area is 121 Å². The summed E-state index contributed by atoms with van der Waals surface area (Å²) in [5.41, 5.74) is 0.284. The molecule has 20 heavy (non-hydrogen) atoms. The molecule has 1 atom stereocenters. The zero-order valence-electron chi connectivity index (χ0n) is 10.5. The molecule has 0 radical (unpaired) electrons. The van der Waals surface area contributed by atoms with Gasteiger partial charge in [-0.25, -0.2) is 5.01 Å². The highest BCUT2D eigenvalue weighted by atomic mass is 79.9. The molecule has 0 spiro atoms. The van der Waals surface area contributed by atoms with Crippen molar-refractivity contribution >= 4 is 27.5 Å². The minimum absolute atomic E-state index is 0.113. The van der Waals surface area contributed by atoms with Crippen LogP contribution >= 0.6 is 15.9 Å². The van der Waals surface area contributed by atoms with Crippen molar-refractivity contribution in [2.24, 2.45) is 5.10 Å². The third-order valence-corrected chi connectivity index (χ3v) is 3.47. The SMILES string of the molecule is CN1N=C(c2ccccc2OC(F)(F)F)C(C)(Br)C1=O. The zero-order valence-corrected chi connectivity index (χ0v) is 12.1. The second-order valence-electron chi connectivity index (χ2n) is 4.32. The summed E-state index contributed by atoms with van der Waals surface area (Å²) in [6.45, 7) is 1.53. The molecule has 1 amide bonds. The fourth-order valence-corrected chi connectivity index (χ4v) is 2.43. The fraction of sp³-hybridized carbons (Fsp3) is 0.333. The first kappa shape index (κ1) is 14.8. The molecule has 1 heterocycles. The molecule has 0 saturated carbocycles. The van der Waals surface area contributed by atoms with Crippen LogP contribution in [0.3, 0.4) is 0 Å². The van der Waals surface area contributed by atoms with Crippen LogP contribution in [-0.4, -0.2) is 34.4 Å². The molecule has 8 heteroatoms. The number of halogens is 4. The van der Waals surface area contributed by atoms with Crippen molar-refractivity contribution in [3.05, 3.63) is 29.8 Å². The lowest BCUT2D eigenvalue weighted by molar-refractivity contribution is -0.274. The number of carbonyl (C=O) groups is 1. The summed E-state index contributed by atoms with van der Waals surface area (Å²) in [6.07, 6.45) is -4.81. The van der Waals surface area contributed by atoms with E-state index in [0.717, 1.165) is 5.01 Å². The van der Waals surface area contributed by atoms with Gasteiger partial charge in [-0.15, -0.1) is 13.2 Å². The maximum Gasteiger partial charge on any atom is 0.573 e. The number of para-hydroxylation sites is 1. The van der Waals surface area contributed by atoms with Crippen LogP contribution in [0.15, 0.2) is 29.4 Å². The Kier molecular flexibility index (Phi) is 3.53. The third-order valence-electron chi connectivity index (χ3n) is 2.76. The second-order valence-corrected chi connectivity index (χ2v) is 5.91. The summed E-state index contributed by atoms with van der Waals surface area (Å²) in [5.74, 6) is -0.762. The highest BCUT2D eigenvalue weighted by Gasteiger charge is 2.46. The van der Waals surface area contributed by atoms with Gasteiger partial charge < -0.3 is 4.74 Å². The summed E-state index contributed by atoms with van der Waals surface area (Å²) >= 11 is 3.21. The number of ether oxygens (including phenoxy) is 1. The minimum atomic E-state index is -4.81. The van der Waals surface area contributed by atoms with Crippen LogP contribution in [0.4, 0.5) is 13.2 Å². The standard InChI is InChI=1S/C12H10BrF3N2O2/c1-11(13)9(17-18(2)10(11)19)7-5-3-4-6-8(7)20-12(14,15)16/h3-6H,1-2H3. The van der Waals surface area contributed by atoms with E-state index >= 15 is 0 Å². The summed E-state index contributed by atoms with van der Waals surface area (Å²) < 4.78 is 40.0. The predicted molar refractivity (Wildman–Crippen MR) is 69.8 cm³/mol. The van der Waals surface area contributed by atoms with Gasteiger partial charge >= 0.3 is 6.36 Å².